The van der Waals surface area contributed by atoms with Gasteiger partial charge in [0.25, 0.3) is 0 Å². The average molecular weight is 702 g/mol. The molecule has 1 spiro atoms. The molecule has 0 atom stereocenters. The van der Waals surface area contributed by atoms with Gasteiger partial charge < -0.3 is 9.64 Å². The Hall–Kier alpha value is -7.16. The van der Waals surface area contributed by atoms with Crippen LogP contribution in [-0.2, 0) is 5.41 Å². The Morgan fingerprint density at radius 3 is 1.58 bits per heavy atom. The molecule has 0 aromatic heterocycles. The Kier molecular flexibility index (Phi) is 7.11. The molecule has 55 heavy (non-hydrogen) atoms. The van der Waals surface area contributed by atoms with Crippen molar-refractivity contribution < 1.29 is 4.74 Å². The van der Waals surface area contributed by atoms with Crippen LogP contribution < -0.4 is 9.64 Å². The van der Waals surface area contributed by atoms with Crippen molar-refractivity contribution in [3.63, 3.8) is 0 Å². The Balaban J connectivity index is 1.14. The summed E-state index contributed by atoms with van der Waals surface area (Å²) in [5.74, 6) is 1.73. The van der Waals surface area contributed by atoms with E-state index in [-0.39, 0.29) is 0 Å². The van der Waals surface area contributed by atoms with Crippen molar-refractivity contribution in [3.05, 3.63) is 235 Å². The van der Waals surface area contributed by atoms with Gasteiger partial charge in [0.15, 0.2) is 5.75 Å². The van der Waals surface area contributed by atoms with Crippen molar-refractivity contribution >= 4 is 27.8 Å². The number of anilines is 3. The maximum Gasteiger partial charge on any atom is 0.156 e. The molecule has 2 nitrogen and oxygen atoms in total. The van der Waals surface area contributed by atoms with E-state index < -0.39 is 5.41 Å². The standard InChI is InChI=1S/C53H35NO/c1-2-14-36(15-3-1)37-28-32-40(33-29-37)54(41-34-30-39(31-35-41)43-21-12-17-38-16-4-5-18-42(38)43)50-26-13-25-49-52(50)55-51-27-11-10-24-48(51)53(49)46-22-8-6-19-44(46)45-20-7-9-23-47(45)53/h1-35H. The van der Waals surface area contributed by atoms with E-state index in [2.05, 4.69) is 217 Å². The van der Waals surface area contributed by atoms with Gasteiger partial charge >= 0.3 is 0 Å². The first-order chi connectivity index (χ1) is 27.3. The second-order valence-electron chi connectivity index (χ2n) is 14.4. The number of benzene rings is 9. The van der Waals surface area contributed by atoms with E-state index in [0.29, 0.717) is 0 Å². The van der Waals surface area contributed by atoms with Crippen molar-refractivity contribution in [3.8, 4) is 44.9 Å². The minimum Gasteiger partial charge on any atom is -0.454 e. The van der Waals surface area contributed by atoms with Crippen LogP contribution in [0.3, 0.4) is 0 Å². The fourth-order valence-corrected chi connectivity index (χ4v) is 9.17. The lowest BCUT2D eigenvalue weighted by Crippen LogP contribution is -2.32. The lowest BCUT2D eigenvalue weighted by molar-refractivity contribution is 0.437. The van der Waals surface area contributed by atoms with Crippen LogP contribution in [0.2, 0.25) is 0 Å². The topological polar surface area (TPSA) is 12.5 Å². The van der Waals surface area contributed by atoms with Crippen LogP contribution >= 0.6 is 0 Å². The molecule has 0 fully saturated rings. The Bertz CT molecular complexity index is 2840. The summed E-state index contributed by atoms with van der Waals surface area (Å²) in [7, 11) is 0. The number of nitrogens with zero attached hydrogens (tertiary/aromatic N) is 1. The normalized spacial score (nSPS) is 13.0. The molecule has 0 N–H and O–H groups in total. The Morgan fingerprint density at radius 1 is 0.345 bits per heavy atom. The van der Waals surface area contributed by atoms with Gasteiger partial charge in [0.05, 0.1) is 11.1 Å². The summed E-state index contributed by atoms with van der Waals surface area (Å²) in [4.78, 5) is 2.36. The average Bonchev–Trinajstić information content (AvgIpc) is 3.55. The van der Waals surface area contributed by atoms with Crippen LogP contribution in [0.4, 0.5) is 17.1 Å². The van der Waals surface area contributed by atoms with Gasteiger partial charge in [-0.3, -0.25) is 0 Å². The molecule has 0 saturated carbocycles. The molecule has 2 heteroatoms. The predicted molar refractivity (Wildman–Crippen MR) is 227 cm³/mol. The summed E-state index contributed by atoms with van der Waals surface area (Å²) in [6.07, 6.45) is 0. The van der Waals surface area contributed by atoms with Crippen LogP contribution in [0.1, 0.15) is 22.3 Å². The summed E-state index contributed by atoms with van der Waals surface area (Å²) in [6, 6.07) is 76.7. The quantitative estimate of drug-likeness (QED) is 0.177. The van der Waals surface area contributed by atoms with Gasteiger partial charge in [-0.15, -0.1) is 0 Å². The van der Waals surface area contributed by atoms with Crippen molar-refractivity contribution in [2.45, 2.75) is 5.41 Å². The first kappa shape index (κ1) is 31.4. The third-order valence-electron chi connectivity index (χ3n) is 11.6. The lowest BCUT2D eigenvalue weighted by atomic mass is 9.66. The van der Waals surface area contributed by atoms with E-state index >= 15 is 0 Å². The molecule has 0 bridgehead atoms. The van der Waals surface area contributed by atoms with Crippen LogP contribution in [-0.4, -0.2) is 0 Å². The molecule has 9 aromatic rings. The molecular formula is C53H35NO. The SMILES string of the molecule is c1ccc(-c2ccc(N(c3ccc(-c4cccc5ccccc45)cc3)c3cccc4c3Oc3ccccc3C43c4ccccc4-c4ccccc43)cc2)cc1. The van der Waals surface area contributed by atoms with E-state index in [4.69, 9.17) is 4.74 Å². The maximum absolute atomic E-state index is 7.14. The van der Waals surface area contributed by atoms with Crippen molar-refractivity contribution in [2.24, 2.45) is 0 Å². The van der Waals surface area contributed by atoms with E-state index in [0.717, 1.165) is 39.7 Å². The number of fused-ring (bicyclic) bond motifs is 10. The summed E-state index contributed by atoms with van der Waals surface area (Å²) >= 11 is 0. The van der Waals surface area contributed by atoms with Gasteiger partial charge in [0.2, 0.25) is 0 Å². The number of ether oxygens (including phenoxy) is 1. The molecule has 2 aliphatic rings. The molecule has 258 valence electrons. The maximum atomic E-state index is 7.14. The molecule has 0 unspecified atom stereocenters. The molecule has 9 aromatic carbocycles. The van der Waals surface area contributed by atoms with Crippen LogP contribution in [0.25, 0.3) is 44.2 Å². The molecule has 0 radical (unpaired) electrons. The zero-order chi connectivity index (χ0) is 36.3. The lowest BCUT2D eigenvalue weighted by Gasteiger charge is -2.41. The van der Waals surface area contributed by atoms with E-state index in [1.165, 1.54) is 55.3 Å². The van der Waals surface area contributed by atoms with Gasteiger partial charge in [-0.05, 0) is 91.7 Å². The monoisotopic (exact) mass is 701 g/mol. The van der Waals surface area contributed by atoms with Crippen molar-refractivity contribution in [1.82, 2.24) is 0 Å². The van der Waals surface area contributed by atoms with Gasteiger partial charge in [-0.1, -0.05) is 176 Å². The highest BCUT2D eigenvalue weighted by atomic mass is 16.5. The first-order valence-corrected chi connectivity index (χ1v) is 18.9. The van der Waals surface area contributed by atoms with Gasteiger partial charge in [-0.2, -0.15) is 0 Å². The molecule has 0 saturated heterocycles. The zero-order valence-electron chi connectivity index (χ0n) is 30.1. The smallest absolute Gasteiger partial charge is 0.156 e. The third-order valence-corrected chi connectivity index (χ3v) is 11.6. The predicted octanol–water partition coefficient (Wildman–Crippen LogP) is 14.1. The Morgan fingerprint density at radius 2 is 0.855 bits per heavy atom. The number of rotatable bonds is 5. The molecular weight excluding hydrogens is 667 g/mol. The first-order valence-electron chi connectivity index (χ1n) is 18.9. The van der Waals surface area contributed by atoms with Crippen molar-refractivity contribution in [1.29, 1.82) is 0 Å². The molecule has 1 heterocycles. The van der Waals surface area contributed by atoms with Crippen LogP contribution in [0.5, 0.6) is 11.5 Å². The molecule has 1 aliphatic carbocycles. The van der Waals surface area contributed by atoms with Gasteiger partial charge in [0, 0.05) is 22.5 Å². The summed E-state index contributed by atoms with van der Waals surface area (Å²) in [6.45, 7) is 0. The number of para-hydroxylation sites is 2. The van der Waals surface area contributed by atoms with E-state index in [9.17, 15) is 0 Å². The molecule has 0 amide bonds. The minimum absolute atomic E-state index is 0.547. The number of hydrogen-bond acceptors (Lipinski definition) is 2. The molecule has 1 aliphatic heterocycles. The second-order valence-corrected chi connectivity index (χ2v) is 14.4. The van der Waals surface area contributed by atoms with Crippen LogP contribution in [0, 0.1) is 0 Å². The van der Waals surface area contributed by atoms with Crippen LogP contribution in [0.15, 0.2) is 212 Å². The minimum atomic E-state index is -0.547. The van der Waals surface area contributed by atoms with E-state index in [1.54, 1.807) is 0 Å². The summed E-state index contributed by atoms with van der Waals surface area (Å²) in [5.41, 5.74) is 14.7. The van der Waals surface area contributed by atoms with Crippen molar-refractivity contribution in [2.75, 3.05) is 4.90 Å². The van der Waals surface area contributed by atoms with E-state index in [1.807, 2.05) is 0 Å². The largest absolute Gasteiger partial charge is 0.454 e. The zero-order valence-corrected chi connectivity index (χ0v) is 30.1. The molecule has 11 rings (SSSR count). The fourth-order valence-electron chi connectivity index (χ4n) is 9.17. The highest BCUT2D eigenvalue weighted by molar-refractivity contribution is 5.97. The second kappa shape index (κ2) is 12.5. The van der Waals surface area contributed by atoms with Gasteiger partial charge in [0.1, 0.15) is 5.75 Å². The number of hydrogen-bond donors (Lipinski definition) is 0. The summed E-state index contributed by atoms with van der Waals surface area (Å²) in [5, 5.41) is 2.49. The fraction of sp³-hybridized carbons (Fsp3) is 0.0189. The highest BCUT2D eigenvalue weighted by Gasteiger charge is 2.51. The Labute approximate surface area is 321 Å². The highest BCUT2D eigenvalue weighted by Crippen LogP contribution is 2.63. The summed E-state index contributed by atoms with van der Waals surface area (Å²) < 4.78 is 7.14. The van der Waals surface area contributed by atoms with Gasteiger partial charge in [-0.25, -0.2) is 0 Å². The third kappa shape index (κ3) is 4.75.